The first kappa shape index (κ1) is 11.1. The molecule has 3 nitrogen and oxygen atoms in total. The van der Waals surface area contributed by atoms with E-state index in [1.807, 2.05) is 30.3 Å². The second-order valence-electron chi connectivity index (χ2n) is 5.67. The van der Waals surface area contributed by atoms with Gasteiger partial charge in [-0.25, -0.2) is 0 Å². The number of rotatable bonds is 2. The summed E-state index contributed by atoms with van der Waals surface area (Å²) in [7, 11) is 0. The Kier molecular flexibility index (Phi) is 2.42. The quantitative estimate of drug-likeness (QED) is 0.835. The molecule has 3 heterocycles. The number of carbonyl (C=O) groups is 1. The molecule has 3 atom stereocenters. The molecule has 4 rings (SSSR count). The van der Waals surface area contributed by atoms with E-state index >= 15 is 0 Å². The van der Waals surface area contributed by atoms with E-state index in [2.05, 4.69) is 10.3 Å². The Hall–Kier alpha value is -1.74. The first-order valence-electron chi connectivity index (χ1n) is 6.96. The van der Waals surface area contributed by atoms with Crippen LogP contribution in [0.2, 0.25) is 0 Å². The molecule has 1 aromatic carbocycles. The van der Waals surface area contributed by atoms with Crippen LogP contribution in [0.3, 0.4) is 0 Å². The molecule has 2 aromatic rings. The molecule has 0 saturated carbocycles. The minimum Gasteiger partial charge on any atom is -0.310 e. The Bertz CT molecular complexity index is 652. The van der Waals surface area contributed by atoms with Crippen molar-refractivity contribution in [3.05, 3.63) is 42.1 Å². The number of fused-ring (bicyclic) bond motifs is 3. The average Bonchev–Trinajstić information content (AvgIpc) is 3.08. The fraction of sp³-hybridized carbons (Fsp3) is 0.375. The molecule has 0 spiro atoms. The molecule has 0 amide bonds. The third-order valence-electron chi connectivity index (χ3n) is 4.51. The lowest BCUT2D eigenvalue weighted by molar-refractivity contribution is 0.0900. The Morgan fingerprint density at radius 1 is 1.26 bits per heavy atom. The third kappa shape index (κ3) is 1.77. The van der Waals surface area contributed by atoms with Crippen LogP contribution >= 0.6 is 0 Å². The summed E-state index contributed by atoms with van der Waals surface area (Å²) in [5, 5.41) is 4.57. The molecular formula is C16H16N2O. The molecule has 0 aliphatic carbocycles. The van der Waals surface area contributed by atoms with E-state index < -0.39 is 0 Å². The van der Waals surface area contributed by atoms with Gasteiger partial charge < -0.3 is 5.32 Å². The normalized spacial score (nSPS) is 28.9. The van der Waals surface area contributed by atoms with Crippen LogP contribution in [-0.2, 0) is 0 Å². The van der Waals surface area contributed by atoms with Gasteiger partial charge in [0.15, 0.2) is 5.78 Å². The van der Waals surface area contributed by atoms with Gasteiger partial charge in [0.05, 0.1) is 5.52 Å². The van der Waals surface area contributed by atoms with Gasteiger partial charge in [0, 0.05) is 35.1 Å². The van der Waals surface area contributed by atoms with E-state index in [0.717, 1.165) is 29.3 Å². The van der Waals surface area contributed by atoms with Gasteiger partial charge in [-0.15, -0.1) is 0 Å². The summed E-state index contributed by atoms with van der Waals surface area (Å²) in [4.78, 5) is 17.0. The number of Topliss-reactive ketones (excluding diaryl/α,β-unsaturated/α-hetero) is 1. The minimum atomic E-state index is 0.154. The summed E-state index contributed by atoms with van der Waals surface area (Å²) >= 11 is 0. The van der Waals surface area contributed by atoms with Crippen LogP contribution in [0.4, 0.5) is 0 Å². The molecular weight excluding hydrogens is 236 g/mol. The van der Waals surface area contributed by atoms with Gasteiger partial charge in [-0.05, 0) is 31.4 Å². The van der Waals surface area contributed by atoms with Crippen LogP contribution in [0.25, 0.3) is 10.9 Å². The second-order valence-corrected chi connectivity index (χ2v) is 5.67. The van der Waals surface area contributed by atoms with Crippen LogP contribution in [-0.4, -0.2) is 22.9 Å². The van der Waals surface area contributed by atoms with E-state index in [1.165, 1.54) is 6.42 Å². The van der Waals surface area contributed by atoms with Crippen molar-refractivity contribution < 1.29 is 4.79 Å². The van der Waals surface area contributed by atoms with Crippen LogP contribution in [0, 0.1) is 5.92 Å². The summed E-state index contributed by atoms with van der Waals surface area (Å²) < 4.78 is 0. The summed E-state index contributed by atoms with van der Waals surface area (Å²) in [6, 6.07) is 10.9. The third-order valence-corrected chi connectivity index (χ3v) is 4.51. The zero-order chi connectivity index (χ0) is 12.8. The van der Waals surface area contributed by atoms with Crippen molar-refractivity contribution in [2.24, 2.45) is 5.92 Å². The first-order valence-corrected chi connectivity index (χ1v) is 6.96. The number of pyridine rings is 1. The maximum Gasteiger partial charge on any atom is 0.169 e. The highest BCUT2D eigenvalue weighted by Gasteiger charge is 2.42. The van der Waals surface area contributed by atoms with E-state index in [-0.39, 0.29) is 11.7 Å². The van der Waals surface area contributed by atoms with Crippen LogP contribution in [0.15, 0.2) is 36.5 Å². The average molecular weight is 252 g/mol. The van der Waals surface area contributed by atoms with Gasteiger partial charge in [0.25, 0.3) is 0 Å². The lowest BCUT2D eigenvalue weighted by atomic mass is 9.84. The number of hydrogen-bond donors (Lipinski definition) is 1. The molecule has 2 fully saturated rings. The van der Waals surface area contributed by atoms with Crippen molar-refractivity contribution in [2.45, 2.75) is 31.3 Å². The van der Waals surface area contributed by atoms with E-state index in [0.29, 0.717) is 12.1 Å². The number of nitrogens with one attached hydrogen (secondary N) is 1. The lowest BCUT2D eigenvalue weighted by Gasteiger charge is -2.18. The molecule has 2 aliphatic rings. The predicted octanol–water partition coefficient (Wildman–Crippen LogP) is 2.56. The lowest BCUT2D eigenvalue weighted by Crippen LogP contribution is -2.28. The molecule has 0 radical (unpaired) electrons. The van der Waals surface area contributed by atoms with Crippen LogP contribution < -0.4 is 5.32 Å². The van der Waals surface area contributed by atoms with Crippen molar-refractivity contribution in [1.29, 1.82) is 0 Å². The minimum absolute atomic E-state index is 0.154. The van der Waals surface area contributed by atoms with Crippen molar-refractivity contribution >= 4 is 16.7 Å². The number of aromatic nitrogens is 1. The Morgan fingerprint density at radius 3 is 2.95 bits per heavy atom. The highest BCUT2D eigenvalue weighted by Crippen LogP contribution is 2.35. The fourth-order valence-electron chi connectivity index (χ4n) is 3.53. The van der Waals surface area contributed by atoms with Gasteiger partial charge in [-0.3, -0.25) is 9.78 Å². The molecule has 96 valence electrons. The molecule has 3 heteroatoms. The first-order chi connectivity index (χ1) is 9.31. The van der Waals surface area contributed by atoms with Gasteiger partial charge in [0.2, 0.25) is 0 Å². The van der Waals surface area contributed by atoms with Crippen LogP contribution in [0.5, 0.6) is 0 Å². The van der Waals surface area contributed by atoms with E-state index in [4.69, 9.17) is 0 Å². The molecule has 3 unspecified atom stereocenters. The summed E-state index contributed by atoms with van der Waals surface area (Å²) in [5.74, 6) is 0.416. The summed E-state index contributed by atoms with van der Waals surface area (Å²) in [5.41, 5.74) is 1.71. The predicted molar refractivity (Wildman–Crippen MR) is 74.1 cm³/mol. The highest BCUT2D eigenvalue weighted by atomic mass is 16.1. The molecule has 2 bridgehead atoms. The number of ketones is 1. The van der Waals surface area contributed by atoms with Crippen molar-refractivity contribution in [2.75, 3.05) is 0 Å². The largest absolute Gasteiger partial charge is 0.310 e. The Labute approximate surface area is 112 Å². The van der Waals surface area contributed by atoms with Crippen LogP contribution in [0.1, 0.15) is 29.6 Å². The SMILES string of the molecule is O=C(c1cnc2ccccc2c1)C1CC2CCC1N2. The van der Waals surface area contributed by atoms with Gasteiger partial charge in [-0.1, -0.05) is 18.2 Å². The Balaban J connectivity index is 1.68. The highest BCUT2D eigenvalue weighted by molar-refractivity contribution is 6.00. The topological polar surface area (TPSA) is 42.0 Å². The second kappa shape index (κ2) is 4.14. The number of hydrogen-bond acceptors (Lipinski definition) is 3. The zero-order valence-electron chi connectivity index (χ0n) is 10.7. The number of nitrogens with zero attached hydrogens (tertiary/aromatic N) is 1. The van der Waals surface area contributed by atoms with Crippen molar-refractivity contribution in [3.8, 4) is 0 Å². The van der Waals surface area contributed by atoms with Gasteiger partial charge in [-0.2, -0.15) is 0 Å². The summed E-state index contributed by atoms with van der Waals surface area (Å²) in [6.07, 6.45) is 5.10. The number of carbonyl (C=O) groups excluding carboxylic acids is 1. The van der Waals surface area contributed by atoms with Gasteiger partial charge in [0.1, 0.15) is 0 Å². The molecule has 19 heavy (non-hydrogen) atoms. The molecule has 2 saturated heterocycles. The monoisotopic (exact) mass is 252 g/mol. The number of benzene rings is 1. The molecule has 1 N–H and O–H groups in total. The maximum atomic E-state index is 12.6. The molecule has 1 aromatic heterocycles. The summed E-state index contributed by atoms with van der Waals surface area (Å²) in [6.45, 7) is 0. The number of para-hydroxylation sites is 1. The van der Waals surface area contributed by atoms with E-state index in [1.54, 1.807) is 6.20 Å². The van der Waals surface area contributed by atoms with Crippen molar-refractivity contribution in [3.63, 3.8) is 0 Å². The van der Waals surface area contributed by atoms with Crippen molar-refractivity contribution in [1.82, 2.24) is 10.3 Å². The fourth-order valence-corrected chi connectivity index (χ4v) is 3.53. The maximum absolute atomic E-state index is 12.6. The Morgan fingerprint density at radius 2 is 2.16 bits per heavy atom. The smallest absolute Gasteiger partial charge is 0.169 e. The standard InChI is InChI=1S/C16H16N2O/c19-16(13-8-12-5-6-15(13)18-12)11-7-10-3-1-2-4-14(10)17-9-11/h1-4,7,9,12-13,15,18H,5-6,8H2. The molecule has 2 aliphatic heterocycles. The van der Waals surface area contributed by atoms with Gasteiger partial charge >= 0.3 is 0 Å². The van der Waals surface area contributed by atoms with E-state index in [9.17, 15) is 4.79 Å². The zero-order valence-corrected chi connectivity index (χ0v) is 10.7.